The number of aromatic nitrogens is 1. The maximum atomic E-state index is 9.19. The molecule has 0 aliphatic heterocycles. The summed E-state index contributed by atoms with van der Waals surface area (Å²) in [4.78, 5) is 4.17. The Labute approximate surface area is 105 Å². The molecule has 0 aromatic carbocycles. The molecule has 0 fully saturated rings. The molecule has 16 heavy (non-hydrogen) atoms. The molecular formula is C11H15NO2S2. The molecular weight excluding hydrogens is 242 g/mol. The number of aryl methyl sites for hydroxylation is 1. The van der Waals surface area contributed by atoms with E-state index in [1.807, 2.05) is 19.9 Å². The standard InChI is InChI=1S/C11H15NO2S2/c1-3-16-11(15)14-7-10-5-12-8(2)4-9(10)6-13/h4-5,13H,3,6-7H2,1-2H3. The van der Waals surface area contributed by atoms with Gasteiger partial charge in [-0.1, -0.05) is 18.7 Å². The van der Waals surface area contributed by atoms with E-state index >= 15 is 0 Å². The molecule has 0 saturated carbocycles. The quantitative estimate of drug-likeness (QED) is 0.839. The number of ether oxygens (including phenoxy) is 1. The van der Waals surface area contributed by atoms with E-state index in [1.165, 1.54) is 11.8 Å². The molecule has 88 valence electrons. The fraction of sp³-hybridized carbons (Fsp3) is 0.455. The first-order chi connectivity index (χ1) is 7.67. The van der Waals surface area contributed by atoms with Crippen LogP contribution in [0.1, 0.15) is 23.7 Å². The summed E-state index contributed by atoms with van der Waals surface area (Å²) in [5, 5.41) is 9.19. The minimum Gasteiger partial charge on any atom is -0.474 e. The Hall–Kier alpha value is -0.650. The highest BCUT2D eigenvalue weighted by Crippen LogP contribution is 2.13. The van der Waals surface area contributed by atoms with Crippen LogP contribution in [0.4, 0.5) is 0 Å². The van der Waals surface area contributed by atoms with Crippen LogP contribution in [-0.2, 0) is 18.0 Å². The van der Waals surface area contributed by atoms with Crippen LogP contribution in [-0.4, -0.2) is 20.2 Å². The second-order valence-corrected chi connectivity index (χ2v) is 5.09. The molecule has 0 bridgehead atoms. The van der Waals surface area contributed by atoms with E-state index in [1.54, 1.807) is 6.20 Å². The van der Waals surface area contributed by atoms with E-state index in [0.717, 1.165) is 22.6 Å². The predicted octanol–water partition coefficient (Wildman–Crippen LogP) is 2.44. The Morgan fingerprint density at radius 2 is 2.31 bits per heavy atom. The Bertz CT molecular complexity index is 369. The van der Waals surface area contributed by atoms with Crippen LogP contribution in [0.15, 0.2) is 12.3 Å². The number of hydrogen-bond acceptors (Lipinski definition) is 5. The monoisotopic (exact) mass is 257 g/mol. The average molecular weight is 257 g/mol. The van der Waals surface area contributed by atoms with E-state index < -0.39 is 0 Å². The van der Waals surface area contributed by atoms with Crippen LogP contribution < -0.4 is 0 Å². The molecule has 5 heteroatoms. The highest BCUT2D eigenvalue weighted by molar-refractivity contribution is 8.22. The first-order valence-corrected chi connectivity index (χ1v) is 6.41. The Balaban J connectivity index is 2.63. The number of aliphatic hydroxyl groups is 1. The van der Waals surface area contributed by atoms with E-state index in [2.05, 4.69) is 4.98 Å². The van der Waals surface area contributed by atoms with Crippen molar-refractivity contribution in [1.29, 1.82) is 0 Å². The van der Waals surface area contributed by atoms with Crippen molar-refractivity contribution in [3.05, 3.63) is 29.1 Å². The number of nitrogens with zero attached hydrogens (tertiary/aromatic N) is 1. The lowest BCUT2D eigenvalue weighted by atomic mass is 10.1. The van der Waals surface area contributed by atoms with Crippen molar-refractivity contribution in [3.63, 3.8) is 0 Å². The number of thiocarbonyl (C=S) groups is 1. The zero-order valence-electron chi connectivity index (χ0n) is 9.40. The molecule has 1 aromatic rings. The van der Waals surface area contributed by atoms with Gasteiger partial charge in [0.25, 0.3) is 0 Å². The number of pyridine rings is 1. The van der Waals surface area contributed by atoms with Crippen molar-refractivity contribution in [3.8, 4) is 0 Å². The van der Waals surface area contributed by atoms with Crippen molar-refractivity contribution >= 4 is 28.4 Å². The van der Waals surface area contributed by atoms with Gasteiger partial charge in [0.05, 0.1) is 6.61 Å². The first-order valence-electron chi connectivity index (χ1n) is 5.02. The summed E-state index contributed by atoms with van der Waals surface area (Å²) in [6, 6.07) is 1.86. The minimum absolute atomic E-state index is 0.00423. The summed E-state index contributed by atoms with van der Waals surface area (Å²) in [5.41, 5.74) is 2.61. The lowest BCUT2D eigenvalue weighted by Crippen LogP contribution is -2.03. The van der Waals surface area contributed by atoms with E-state index in [-0.39, 0.29) is 6.61 Å². The summed E-state index contributed by atoms with van der Waals surface area (Å²) in [6.45, 7) is 4.28. The van der Waals surface area contributed by atoms with Crippen molar-refractivity contribution < 1.29 is 9.84 Å². The zero-order valence-corrected chi connectivity index (χ0v) is 11.0. The van der Waals surface area contributed by atoms with Gasteiger partial charge in [0.1, 0.15) is 6.61 Å². The molecule has 1 aromatic heterocycles. The first kappa shape index (κ1) is 13.4. The Kier molecular flexibility index (Phi) is 5.73. The topological polar surface area (TPSA) is 42.4 Å². The van der Waals surface area contributed by atoms with Gasteiger partial charge in [-0.25, -0.2) is 0 Å². The second kappa shape index (κ2) is 6.83. The molecule has 0 atom stereocenters. The highest BCUT2D eigenvalue weighted by atomic mass is 32.2. The molecule has 1 heterocycles. The van der Waals surface area contributed by atoms with Crippen LogP contribution in [0.5, 0.6) is 0 Å². The molecule has 0 amide bonds. The van der Waals surface area contributed by atoms with E-state index in [4.69, 9.17) is 17.0 Å². The molecule has 0 radical (unpaired) electrons. The van der Waals surface area contributed by atoms with Gasteiger partial charge in [0.2, 0.25) is 4.38 Å². The Morgan fingerprint density at radius 3 is 2.94 bits per heavy atom. The van der Waals surface area contributed by atoms with Crippen LogP contribution in [0, 0.1) is 6.92 Å². The number of thioether (sulfide) groups is 1. The molecule has 0 saturated heterocycles. The summed E-state index contributed by atoms with van der Waals surface area (Å²) >= 11 is 6.51. The molecule has 1 N–H and O–H groups in total. The third-order valence-corrected chi connectivity index (χ3v) is 3.11. The molecule has 0 spiro atoms. The second-order valence-electron chi connectivity index (χ2n) is 3.22. The van der Waals surface area contributed by atoms with Crippen molar-refractivity contribution in [2.75, 3.05) is 5.75 Å². The third kappa shape index (κ3) is 4.08. The van der Waals surface area contributed by atoms with Crippen LogP contribution >= 0.6 is 24.0 Å². The number of hydrogen-bond donors (Lipinski definition) is 1. The summed E-state index contributed by atoms with van der Waals surface area (Å²) < 4.78 is 5.93. The van der Waals surface area contributed by atoms with Gasteiger partial charge in [-0.3, -0.25) is 4.98 Å². The fourth-order valence-corrected chi connectivity index (χ4v) is 2.01. The van der Waals surface area contributed by atoms with Crippen LogP contribution in [0.25, 0.3) is 0 Å². The number of aliphatic hydroxyl groups excluding tert-OH is 1. The van der Waals surface area contributed by atoms with Crippen molar-refractivity contribution in [2.24, 2.45) is 0 Å². The molecule has 1 rings (SSSR count). The van der Waals surface area contributed by atoms with Crippen LogP contribution in [0.2, 0.25) is 0 Å². The Morgan fingerprint density at radius 1 is 1.56 bits per heavy atom. The summed E-state index contributed by atoms with van der Waals surface area (Å²) in [6.07, 6.45) is 1.72. The normalized spacial score (nSPS) is 10.2. The van der Waals surface area contributed by atoms with Gasteiger partial charge in [-0.15, -0.1) is 0 Å². The largest absolute Gasteiger partial charge is 0.474 e. The molecule has 0 aliphatic carbocycles. The lowest BCUT2D eigenvalue weighted by molar-refractivity contribution is 0.269. The third-order valence-electron chi connectivity index (χ3n) is 2.00. The maximum Gasteiger partial charge on any atom is 0.220 e. The molecule has 0 unspecified atom stereocenters. The smallest absolute Gasteiger partial charge is 0.220 e. The van der Waals surface area contributed by atoms with Gasteiger partial charge < -0.3 is 9.84 Å². The van der Waals surface area contributed by atoms with Crippen molar-refractivity contribution in [1.82, 2.24) is 4.98 Å². The minimum atomic E-state index is -0.00423. The van der Waals surface area contributed by atoms with Gasteiger partial charge in [0, 0.05) is 17.5 Å². The van der Waals surface area contributed by atoms with Crippen LogP contribution in [0.3, 0.4) is 0 Å². The molecule has 3 nitrogen and oxygen atoms in total. The zero-order chi connectivity index (χ0) is 12.0. The SMILES string of the molecule is CCSC(=S)OCc1cnc(C)cc1CO. The van der Waals surface area contributed by atoms with Gasteiger partial charge in [-0.05, 0) is 36.5 Å². The van der Waals surface area contributed by atoms with Gasteiger partial charge >= 0.3 is 0 Å². The highest BCUT2D eigenvalue weighted by Gasteiger charge is 2.05. The van der Waals surface area contributed by atoms with E-state index in [0.29, 0.717) is 11.0 Å². The van der Waals surface area contributed by atoms with E-state index in [9.17, 15) is 5.11 Å². The average Bonchev–Trinajstić information content (AvgIpc) is 2.27. The van der Waals surface area contributed by atoms with Gasteiger partial charge in [0.15, 0.2) is 0 Å². The number of rotatable bonds is 4. The predicted molar refractivity (Wildman–Crippen MR) is 70.4 cm³/mol. The lowest BCUT2D eigenvalue weighted by Gasteiger charge is -2.09. The summed E-state index contributed by atoms with van der Waals surface area (Å²) in [7, 11) is 0. The molecule has 0 aliphatic rings. The maximum absolute atomic E-state index is 9.19. The fourth-order valence-electron chi connectivity index (χ4n) is 1.22. The van der Waals surface area contributed by atoms with Crippen molar-refractivity contribution in [2.45, 2.75) is 27.1 Å². The van der Waals surface area contributed by atoms with Gasteiger partial charge in [-0.2, -0.15) is 0 Å². The summed E-state index contributed by atoms with van der Waals surface area (Å²) in [5.74, 6) is 0.901.